The van der Waals surface area contributed by atoms with Crippen LogP contribution in [0.1, 0.15) is 24.1 Å². The molecule has 1 aliphatic heterocycles. The molecule has 0 atom stereocenters. The number of hydrogen-bond donors (Lipinski definition) is 3. The normalized spacial score (nSPS) is 16.6. The third kappa shape index (κ3) is 5.19. The Bertz CT molecular complexity index is 805. The Balaban J connectivity index is 1.44. The van der Waals surface area contributed by atoms with Crippen molar-refractivity contribution in [1.82, 2.24) is 24.9 Å². The average molecular weight is 371 g/mol. The van der Waals surface area contributed by atoms with Crippen LogP contribution in [0.2, 0.25) is 0 Å². The van der Waals surface area contributed by atoms with Crippen LogP contribution in [0.3, 0.4) is 0 Å². The van der Waals surface area contributed by atoms with Gasteiger partial charge in [-0.05, 0) is 31.4 Å². The highest BCUT2D eigenvalue weighted by molar-refractivity contribution is 5.80. The van der Waals surface area contributed by atoms with Gasteiger partial charge in [-0.1, -0.05) is 6.07 Å². The van der Waals surface area contributed by atoms with Gasteiger partial charge in [0.05, 0.1) is 12.2 Å². The fourth-order valence-electron chi connectivity index (χ4n) is 3.48. The van der Waals surface area contributed by atoms with Crippen LogP contribution >= 0.6 is 0 Å². The van der Waals surface area contributed by atoms with Crippen molar-refractivity contribution >= 4 is 17.5 Å². The second-order valence-electron chi connectivity index (χ2n) is 7.06. The fraction of sp³-hybridized carbons (Fsp3) is 0.526. The number of carbonyl (C=O) groups excluding carboxylic acids is 1. The van der Waals surface area contributed by atoms with Crippen LogP contribution < -0.4 is 16.4 Å². The molecule has 0 aromatic carbocycles. The van der Waals surface area contributed by atoms with Gasteiger partial charge < -0.3 is 20.8 Å². The van der Waals surface area contributed by atoms with Crippen LogP contribution in [0.4, 0.5) is 0 Å². The number of primary amides is 1. The Morgan fingerprint density at radius 2 is 2.19 bits per heavy atom. The minimum absolute atomic E-state index is 0.263. The zero-order valence-corrected chi connectivity index (χ0v) is 16.1. The number of hydrogen-bond acceptors (Lipinski definition) is 4. The second kappa shape index (κ2) is 8.85. The van der Waals surface area contributed by atoms with Crippen LogP contribution in [0.15, 0.2) is 29.5 Å². The first-order valence-electron chi connectivity index (χ1n) is 9.46. The van der Waals surface area contributed by atoms with E-state index in [0.717, 1.165) is 56.2 Å². The SMILES string of the molecule is CN=C(NCCc1cn2cccc(C)c2n1)NC1CCN(CC(N)=O)CC1. The largest absolute Gasteiger partial charge is 0.369 e. The lowest BCUT2D eigenvalue weighted by atomic mass is 10.1. The first-order valence-corrected chi connectivity index (χ1v) is 9.46. The number of aromatic nitrogens is 2. The summed E-state index contributed by atoms with van der Waals surface area (Å²) in [6.45, 7) is 4.93. The predicted molar refractivity (Wildman–Crippen MR) is 107 cm³/mol. The van der Waals surface area contributed by atoms with E-state index < -0.39 is 0 Å². The third-order valence-corrected chi connectivity index (χ3v) is 4.93. The maximum atomic E-state index is 11.0. The van der Waals surface area contributed by atoms with Crippen LogP contribution in [-0.2, 0) is 11.2 Å². The van der Waals surface area contributed by atoms with Crippen LogP contribution in [-0.4, -0.2) is 65.4 Å². The number of pyridine rings is 1. The first-order chi connectivity index (χ1) is 13.0. The van der Waals surface area contributed by atoms with Gasteiger partial charge in [-0.3, -0.25) is 14.7 Å². The number of guanidine groups is 1. The molecule has 146 valence electrons. The van der Waals surface area contributed by atoms with Gasteiger partial charge >= 0.3 is 0 Å². The smallest absolute Gasteiger partial charge is 0.231 e. The second-order valence-corrected chi connectivity index (χ2v) is 7.06. The van der Waals surface area contributed by atoms with Crippen molar-refractivity contribution in [2.45, 2.75) is 32.2 Å². The minimum Gasteiger partial charge on any atom is -0.369 e. The maximum absolute atomic E-state index is 11.0. The van der Waals surface area contributed by atoms with Crippen LogP contribution in [0, 0.1) is 6.92 Å². The number of imidazole rings is 1. The molecule has 1 amide bonds. The van der Waals surface area contributed by atoms with Crippen molar-refractivity contribution in [3.8, 4) is 0 Å². The lowest BCUT2D eigenvalue weighted by Gasteiger charge is -2.32. The molecule has 8 heteroatoms. The molecule has 0 aliphatic carbocycles. The van der Waals surface area contributed by atoms with E-state index in [4.69, 9.17) is 10.7 Å². The zero-order valence-electron chi connectivity index (χ0n) is 16.1. The standard InChI is InChI=1S/C19H29N7O/c1-14-4-3-9-26-12-16(23-18(14)26)5-8-22-19(21-2)24-15-6-10-25(11-7-15)13-17(20)27/h3-4,9,12,15H,5-8,10-11,13H2,1-2H3,(H2,20,27)(H2,21,22,24). The summed E-state index contributed by atoms with van der Waals surface area (Å²) in [5.74, 6) is 0.546. The van der Waals surface area contributed by atoms with Gasteiger partial charge in [-0.25, -0.2) is 4.98 Å². The quantitative estimate of drug-likeness (QED) is 0.501. The number of rotatable bonds is 6. The number of likely N-dealkylation sites (tertiary alicyclic amines) is 1. The summed E-state index contributed by atoms with van der Waals surface area (Å²) in [7, 11) is 1.78. The molecule has 0 saturated carbocycles. The molecular formula is C19H29N7O. The highest BCUT2D eigenvalue weighted by Gasteiger charge is 2.20. The lowest BCUT2D eigenvalue weighted by molar-refractivity contribution is -0.119. The summed E-state index contributed by atoms with van der Waals surface area (Å²) < 4.78 is 2.07. The zero-order chi connectivity index (χ0) is 19.2. The predicted octanol–water partition coefficient (Wildman–Crippen LogP) is 0.300. The van der Waals surface area contributed by atoms with Crippen molar-refractivity contribution in [3.05, 3.63) is 35.8 Å². The first kappa shape index (κ1) is 19.2. The maximum Gasteiger partial charge on any atom is 0.231 e. The number of aliphatic imine (C=N–C) groups is 1. The molecule has 3 rings (SSSR count). The molecule has 1 aliphatic rings. The number of amides is 1. The molecular weight excluding hydrogens is 342 g/mol. The Hall–Kier alpha value is -2.61. The summed E-state index contributed by atoms with van der Waals surface area (Å²) in [6.07, 6.45) is 6.88. The summed E-state index contributed by atoms with van der Waals surface area (Å²) in [4.78, 5) is 22.1. The molecule has 0 bridgehead atoms. The van der Waals surface area contributed by atoms with Gasteiger partial charge in [0.15, 0.2) is 5.96 Å². The Morgan fingerprint density at radius 3 is 2.85 bits per heavy atom. The molecule has 2 aromatic heterocycles. The molecule has 1 saturated heterocycles. The Labute approximate surface area is 159 Å². The number of aryl methyl sites for hydroxylation is 1. The summed E-state index contributed by atoms with van der Waals surface area (Å²) in [5.41, 5.74) is 8.52. The fourth-order valence-corrected chi connectivity index (χ4v) is 3.48. The average Bonchev–Trinajstić information content (AvgIpc) is 3.06. The summed E-state index contributed by atoms with van der Waals surface area (Å²) in [5, 5.41) is 6.84. The number of nitrogens with two attached hydrogens (primary N) is 1. The van der Waals surface area contributed by atoms with E-state index in [9.17, 15) is 4.79 Å². The molecule has 0 spiro atoms. The molecule has 2 aromatic rings. The summed E-state index contributed by atoms with van der Waals surface area (Å²) in [6, 6.07) is 4.47. The van der Waals surface area contributed by atoms with Gasteiger partial charge in [-0.2, -0.15) is 0 Å². The van der Waals surface area contributed by atoms with E-state index in [1.165, 1.54) is 5.56 Å². The summed E-state index contributed by atoms with van der Waals surface area (Å²) >= 11 is 0. The number of fused-ring (bicyclic) bond motifs is 1. The monoisotopic (exact) mass is 371 g/mol. The third-order valence-electron chi connectivity index (χ3n) is 4.93. The van der Waals surface area contributed by atoms with E-state index in [2.05, 4.69) is 44.1 Å². The van der Waals surface area contributed by atoms with Gasteiger partial charge in [-0.15, -0.1) is 0 Å². The topological polar surface area (TPSA) is 100 Å². The van der Waals surface area contributed by atoms with E-state index in [1.54, 1.807) is 7.05 Å². The molecule has 0 radical (unpaired) electrons. The van der Waals surface area contributed by atoms with Crippen LogP contribution in [0.25, 0.3) is 5.65 Å². The molecule has 4 N–H and O–H groups in total. The number of piperidine rings is 1. The van der Waals surface area contributed by atoms with Gasteiger partial charge in [0.1, 0.15) is 5.65 Å². The van der Waals surface area contributed by atoms with Crippen LogP contribution in [0.5, 0.6) is 0 Å². The molecule has 8 nitrogen and oxygen atoms in total. The van der Waals surface area contributed by atoms with Gasteiger partial charge in [0.25, 0.3) is 0 Å². The molecule has 0 unspecified atom stereocenters. The molecule has 27 heavy (non-hydrogen) atoms. The van der Waals surface area contributed by atoms with E-state index in [-0.39, 0.29) is 5.91 Å². The van der Waals surface area contributed by atoms with Crippen molar-refractivity contribution in [3.63, 3.8) is 0 Å². The van der Waals surface area contributed by atoms with Crippen molar-refractivity contribution in [2.24, 2.45) is 10.7 Å². The number of carbonyl (C=O) groups is 1. The Kier molecular flexibility index (Phi) is 6.28. The lowest BCUT2D eigenvalue weighted by Crippen LogP contribution is -2.50. The van der Waals surface area contributed by atoms with Gasteiger partial charge in [0, 0.05) is 51.5 Å². The van der Waals surface area contributed by atoms with E-state index in [1.807, 2.05) is 12.3 Å². The highest BCUT2D eigenvalue weighted by atomic mass is 16.1. The minimum atomic E-state index is -0.263. The van der Waals surface area contributed by atoms with E-state index >= 15 is 0 Å². The van der Waals surface area contributed by atoms with Crippen molar-refractivity contribution in [1.29, 1.82) is 0 Å². The van der Waals surface area contributed by atoms with E-state index in [0.29, 0.717) is 12.6 Å². The Morgan fingerprint density at radius 1 is 1.41 bits per heavy atom. The molecule has 1 fully saturated rings. The van der Waals surface area contributed by atoms with Crippen molar-refractivity contribution < 1.29 is 4.79 Å². The number of nitrogens with one attached hydrogen (secondary N) is 2. The van der Waals surface area contributed by atoms with Gasteiger partial charge in [0.2, 0.25) is 5.91 Å². The highest BCUT2D eigenvalue weighted by Crippen LogP contribution is 2.11. The van der Waals surface area contributed by atoms with Crippen molar-refractivity contribution in [2.75, 3.05) is 33.2 Å². The number of nitrogens with zero attached hydrogens (tertiary/aromatic N) is 4. The molecule has 3 heterocycles.